The van der Waals surface area contributed by atoms with E-state index in [1.54, 1.807) is 0 Å². The van der Waals surface area contributed by atoms with E-state index in [1.165, 1.54) is 0 Å². The van der Waals surface area contributed by atoms with Crippen molar-refractivity contribution in [3.05, 3.63) is 35.9 Å². The molecule has 3 N–H and O–H groups in total. The van der Waals surface area contributed by atoms with Crippen LogP contribution in [-0.4, -0.2) is 17.8 Å². The van der Waals surface area contributed by atoms with Gasteiger partial charge in [-0.2, -0.15) is 0 Å². The van der Waals surface area contributed by atoms with Gasteiger partial charge in [0, 0.05) is 12.0 Å². The Morgan fingerprint density at radius 1 is 1.17 bits per heavy atom. The Morgan fingerprint density at radius 3 is 2.11 bits per heavy atom. The lowest BCUT2D eigenvalue weighted by molar-refractivity contribution is 0.0807. The van der Waals surface area contributed by atoms with Crippen molar-refractivity contribution < 1.29 is 5.11 Å². The van der Waals surface area contributed by atoms with Gasteiger partial charge < -0.3 is 10.8 Å². The summed E-state index contributed by atoms with van der Waals surface area (Å²) in [5, 5.41) is 10.3. The maximum absolute atomic E-state index is 10.3. The van der Waals surface area contributed by atoms with E-state index in [9.17, 15) is 5.11 Å². The number of aliphatic hydroxyl groups excluding tert-OH is 1. The Hall–Kier alpha value is -0.860. The molecule has 0 aromatic heterocycles. The minimum Gasteiger partial charge on any atom is -0.392 e. The second-order valence-corrected chi connectivity index (χ2v) is 5.29. The van der Waals surface area contributed by atoms with Crippen molar-refractivity contribution in [2.24, 2.45) is 11.7 Å². The van der Waals surface area contributed by atoms with Gasteiger partial charge in [-0.25, -0.2) is 0 Å². The summed E-state index contributed by atoms with van der Waals surface area (Å²) in [5.74, 6) is 0.614. The first-order valence-corrected chi connectivity index (χ1v) is 7.04. The lowest BCUT2D eigenvalue weighted by atomic mass is 9.69. The van der Waals surface area contributed by atoms with Crippen molar-refractivity contribution in [1.29, 1.82) is 0 Å². The van der Waals surface area contributed by atoms with E-state index in [4.69, 9.17) is 5.73 Å². The van der Waals surface area contributed by atoms with Crippen LogP contribution in [-0.2, 0) is 5.41 Å². The van der Waals surface area contributed by atoms with Gasteiger partial charge in [0.05, 0.1) is 6.10 Å². The molecule has 0 saturated heterocycles. The average Bonchev–Trinajstić information content (AvgIpc) is 2.41. The number of aliphatic hydroxyl groups is 1. The zero-order valence-corrected chi connectivity index (χ0v) is 11.9. The lowest BCUT2D eigenvalue weighted by Gasteiger charge is -2.38. The molecular weight excluding hydrogens is 222 g/mol. The zero-order chi connectivity index (χ0) is 13.6. The molecule has 0 aliphatic carbocycles. The third kappa shape index (κ3) is 3.12. The van der Waals surface area contributed by atoms with Crippen LogP contribution in [0.25, 0.3) is 0 Å². The lowest BCUT2D eigenvalue weighted by Crippen LogP contribution is -2.46. The summed E-state index contributed by atoms with van der Waals surface area (Å²) < 4.78 is 0. The molecule has 2 unspecified atom stereocenters. The van der Waals surface area contributed by atoms with Crippen molar-refractivity contribution in [2.75, 3.05) is 6.54 Å². The average molecular weight is 249 g/mol. The van der Waals surface area contributed by atoms with Crippen LogP contribution in [0.3, 0.4) is 0 Å². The molecule has 0 spiro atoms. The fourth-order valence-electron chi connectivity index (χ4n) is 2.76. The van der Waals surface area contributed by atoms with Crippen molar-refractivity contribution in [3.63, 3.8) is 0 Å². The summed E-state index contributed by atoms with van der Waals surface area (Å²) in [7, 11) is 0. The molecule has 2 nitrogen and oxygen atoms in total. The summed E-state index contributed by atoms with van der Waals surface area (Å²) in [4.78, 5) is 0. The fraction of sp³-hybridized carbons (Fsp3) is 0.625. The maximum atomic E-state index is 10.3. The molecule has 1 rings (SSSR count). The van der Waals surface area contributed by atoms with Crippen LogP contribution in [0.15, 0.2) is 30.3 Å². The normalized spacial score (nSPS) is 16.6. The summed E-state index contributed by atoms with van der Waals surface area (Å²) in [6.07, 6.45) is 2.80. The van der Waals surface area contributed by atoms with Crippen LogP contribution in [0.4, 0.5) is 0 Å². The predicted molar refractivity (Wildman–Crippen MR) is 77.5 cm³/mol. The molecule has 0 aliphatic heterocycles. The molecular formula is C16H27NO. The third-order valence-electron chi connectivity index (χ3n) is 4.32. The minimum atomic E-state index is -0.425. The van der Waals surface area contributed by atoms with E-state index in [2.05, 4.69) is 26.0 Å². The molecule has 0 saturated carbocycles. The first kappa shape index (κ1) is 15.2. The molecule has 1 aromatic carbocycles. The Labute approximate surface area is 111 Å². The summed E-state index contributed by atoms with van der Waals surface area (Å²) in [6, 6.07) is 10.2. The van der Waals surface area contributed by atoms with Gasteiger partial charge in [-0.3, -0.25) is 0 Å². The Balaban J connectivity index is 3.09. The van der Waals surface area contributed by atoms with Gasteiger partial charge in [-0.1, -0.05) is 57.0 Å². The quantitative estimate of drug-likeness (QED) is 0.780. The van der Waals surface area contributed by atoms with Gasteiger partial charge in [0.2, 0.25) is 0 Å². The van der Waals surface area contributed by atoms with Gasteiger partial charge >= 0.3 is 0 Å². The standard InChI is InChI=1S/C16H27NO/c1-4-14(5-2)11-16(12-17,13(3)18)15-9-7-6-8-10-15/h6-10,13-14,18H,4-5,11-12,17H2,1-3H3. The van der Waals surface area contributed by atoms with E-state index in [1.807, 2.05) is 25.1 Å². The highest BCUT2D eigenvalue weighted by Gasteiger charge is 2.37. The molecule has 18 heavy (non-hydrogen) atoms. The van der Waals surface area contributed by atoms with Gasteiger partial charge in [0.25, 0.3) is 0 Å². The highest BCUT2D eigenvalue weighted by atomic mass is 16.3. The van der Waals surface area contributed by atoms with E-state index < -0.39 is 6.10 Å². The minimum absolute atomic E-state index is 0.308. The molecule has 0 aliphatic rings. The van der Waals surface area contributed by atoms with E-state index in [0.717, 1.165) is 24.8 Å². The molecule has 1 aromatic rings. The molecule has 0 bridgehead atoms. The predicted octanol–water partition coefficient (Wildman–Crippen LogP) is 3.09. The third-order valence-corrected chi connectivity index (χ3v) is 4.32. The van der Waals surface area contributed by atoms with Crippen LogP contribution in [0.5, 0.6) is 0 Å². The van der Waals surface area contributed by atoms with Crippen molar-refractivity contribution in [1.82, 2.24) is 0 Å². The Morgan fingerprint density at radius 2 is 1.72 bits per heavy atom. The van der Waals surface area contributed by atoms with Crippen molar-refractivity contribution >= 4 is 0 Å². The van der Waals surface area contributed by atoms with Gasteiger partial charge in [0.15, 0.2) is 0 Å². The number of benzene rings is 1. The SMILES string of the molecule is CCC(CC)CC(CN)(c1ccccc1)C(C)O. The summed E-state index contributed by atoms with van der Waals surface area (Å²) in [5.41, 5.74) is 6.89. The highest BCUT2D eigenvalue weighted by molar-refractivity contribution is 5.27. The van der Waals surface area contributed by atoms with E-state index in [-0.39, 0.29) is 5.41 Å². The van der Waals surface area contributed by atoms with Gasteiger partial charge in [-0.05, 0) is 24.8 Å². The Kier molecular flexibility index (Phi) is 5.83. The number of nitrogens with two attached hydrogens (primary N) is 1. The number of hydrogen-bond acceptors (Lipinski definition) is 2. The molecule has 0 fully saturated rings. The van der Waals surface area contributed by atoms with Crippen LogP contribution < -0.4 is 5.73 Å². The number of rotatable bonds is 7. The second kappa shape index (κ2) is 6.91. The molecule has 2 atom stereocenters. The molecule has 0 heterocycles. The molecule has 0 amide bonds. The van der Waals surface area contributed by atoms with Crippen LogP contribution in [0.1, 0.15) is 45.6 Å². The monoisotopic (exact) mass is 249 g/mol. The maximum Gasteiger partial charge on any atom is 0.0620 e. The smallest absolute Gasteiger partial charge is 0.0620 e. The molecule has 0 radical (unpaired) electrons. The van der Waals surface area contributed by atoms with Gasteiger partial charge in [-0.15, -0.1) is 0 Å². The molecule has 102 valence electrons. The summed E-state index contributed by atoms with van der Waals surface area (Å²) in [6.45, 7) is 6.78. The second-order valence-electron chi connectivity index (χ2n) is 5.29. The van der Waals surface area contributed by atoms with E-state index in [0.29, 0.717) is 12.5 Å². The van der Waals surface area contributed by atoms with Gasteiger partial charge in [0.1, 0.15) is 0 Å². The van der Waals surface area contributed by atoms with Crippen LogP contribution >= 0.6 is 0 Å². The first-order valence-electron chi connectivity index (χ1n) is 7.04. The first-order chi connectivity index (χ1) is 8.60. The van der Waals surface area contributed by atoms with Crippen molar-refractivity contribution in [3.8, 4) is 0 Å². The number of hydrogen-bond donors (Lipinski definition) is 2. The van der Waals surface area contributed by atoms with Crippen LogP contribution in [0, 0.1) is 5.92 Å². The Bertz CT molecular complexity index is 332. The topological polar surface area (TPSA) is 46.2 Å². The van der Waals surface area contributed by atoms with E-state index >= 15 is 0 Å². The van der Waals surface area contributed by atoms with Crippen molar-refractivity contribution in [2.45, 2.75) is 51.6 Å². The zero-order valence-electron chi connectivity index (χ0n) is 11.9. The molecule has 2 heteroatoms. The summed E-state index contributed by atoms with van der Waals surface area (Å²) >= 11 is 0. The highest BCUT2D eigenvalue weighted by Crippen LogP contribution is 2.36. The fourth-order valence-corrected chi connectivity index (χ4v) is 2.76. The largest absolute Gasteiger partial charge is 0.392 e. The van der Waals surface area contributed by atoms with Crippen LogP contribution in [0.2, 0.25) is 0 Å².